The highest BCUT2D eigenvalue weighted by molar-refractivity contribution is 7.99. The molecule has 1 aromatic heterocycles. The number of nitrogens with zero attached hydrogens (tertiary/aromatic N) is 2. The van der Waals surface area contributed by atoms with E-state index < -0.39 is 0 Å². The van der Waals surface area contributed by atoms with Crippen molar-refractivity contribution in [3.05, 3.63) is 30.7 Å². The summed E-state index contributed by atoms with van der Waals surface area (Å²) in [5.41, 5.74) is 1.15. The van der Waals surface area contributed by atoms with Crippen LogP contribution in [0, 0.1) is 0 Å². The zero-order chi connectivity index (χ0) is 10.4. The van der Waals surface area contributed by atoms with E-state index in [1.54, 1.807) is 11.8 Å². The number of nitrogen functional groups attached to an aromatic ring is 1. The number of oxazole rings is 1. The Morgan fingerprint density at radius 3 is 3.07 bits per heavy atom. The van der Waals surface area contributed by atoms with Gasteiger partial charge < -0.3 is 4.42 Å². The Morgan fingerprint density at radius 2 is 2.20 bits per heavy atom. The molecule has 0 aliphatic carbocycles. The van der Waals surface area contributed by atoms with Gasteiger partial charge in [0.2, 0.25) is 0 Å². The second kappa shape index (κ2) is 2.93. The van der Waals surface area contributed by atoms with Crippen LogP contribution in [0.15, 0.2) is 45.1 Å². The highest BCUT2D eigenvalue weighted by Crippen LogP contribution is 2.45. The maximum Gasteiger partial charge on any atom is 0.358 e. The summed E-state index contributed by atoms with van der Waals surface area (Å²) in [7, 11) is 1.98. The van der Waals surface area contributed by atoms with Gasteiger partial charge in [-0.2, -0.15) is 0 Å². The molecule has 4 nitrogen and oxygen atoms in total. The number of fused-ring (bicyclic) bond motifs is 2. The van der Waals surface area contributed by atoms with E-state index in [0.29, 0.717) is 0 Å². The van der Waals surface area contributed by atoms with Gasteiger partial charge in [-0.05, 0) is 23.9 Å². The van der Waals surface area contributed by atoms with Gasteiger partial charge in [-0.1, -0.05) is 16.8 Å². The smallest absolute Gasteiger partial charge is 0.358 e. The Kier molecular flexibility index (Phi) is 1.70. The van der Waals surface area contributed by atoms with Gasteiger partial charge in [0.05, 0.1) is 11.9 Å². The predicted molar refractivity (Wildman–Crippen MR) is 57.7 cm³/mol. The van der Waals surface area contributed by atoms with Gasteiger partial charge in [-0.15, -0.1) is 0 Å². The van der Waals surface area contributed by atoms with Crippen LogP contribution in [0.2, 0.25) is 0 Å². The maximum atomic E-state index is 5.78. The normalized spacial score (nSPS) is 13.5. The molecule has 0 atom stereocenters. The van der Waals surface area contributed by atoms with Gasteiger partial charge in [-0.25, -0.2) is 4.90 Å². The summed E-state index contributed by atoms with van der Waals surface area (Å²) in [4.78, 5) is 3.22. The molecule has 1 aliphatic rings. The molecule has 0 unspecified atom stereocenters. The fourth-order valence-corrected chi connectivity index (χ4v) is 2.81. The summed E-state index contributed by atoms with van der Waals surface area (Å²) in [6.07, 6.45) is 1.51. The Balaban J connectivity index is 2.21. The average molecular weight is 220 g/mol. The van der Waals surface area contributed by atoms with E-state index in [9.17, 15) is 0 Å². The third kappa shape index (κ3) is 1.13. The Bertz CT molecular complexity index is 523. The van der Waals surface area contributed by atoms with Crippen molar-refractivity contribution in [1.29, 1.82) is 0 Å². The molecule has 2 heterocycles. The lowest BCUT2D eigenvalue weighted by Gasteiger charge is -2.17. The van der Waals surface area contributed by atoms with Crippen molar-refractivity contribution in [2.45, 2.75) is 9.99 Å². The van der Waals surface area contributed by atoms with Crippen molar-refractivity contribution in [3.8, 4) is 0 Å². The van der Waals surface area contributed by atoms with Crippen molar-refractivity contribution in [3.63, 3.8) is 0 Å². The summed E-state index contributed by atoms with van der Waals surface area (Å²) in [5.74, 6) is 6.66. The number of benzene rings is 1. The Morgan fingerprint density at radius 1 is 1.40 bits per heavy atom. The van der Waals surface area contributed by atoms with Crippen LogP contribution in [-0.4, -0.2) is 7.05 Å². The minimum absolute atomic E-state index is 0.832. The summed E-state index contributed by atoms with van der Waals surface area (Å²) in [6, 6.07) is 8.17. The highest BCUT2D eigenvalue weighted by atomic mass is 32.2. The van der Waals surface area contributed by atoms with Gasteiger partial charge in [0.25, 0.3) is 11.5 Å². The first kappa shape index (κ1) is 8.67. The van der Waals surface area contributed by atoms with E-state index in [4.69, 9.17) is 10.3 Å². The van der Waals surface area contributed by atoms with Gasteiger partial charge >= 0.3 is 5.82 Å². The van der Waals surface area contributed by atoms with Crippen LogP contribution in [-0.2, 0) is 0 Å². The molecule has 1 aromatic carbocycles. The van der Waals surface area contributed by atoms with E-state index in [-0.39, 0.29) is 0 Å². The molecule has 1 aliphatic heterocycles. The summed E-state index contributed by atoms with van der Waals surface area (Å²) < 4.78 is 6.87. The molecule has 0 fully saturated rings. The molecular weight excluding hydrogens is 210 g/mol. The maximum absolute atomic E-state index is 5.78. The average Bonchev–Trinajstić information content (AvgIpc) is 2.61. The molecule has 2 aromatic rings. The molecule has 3 rings (SSSR count). The standard InChI is InChI=1S/C10H10N3OS/c1-12-7-4-2-3-5-8(7)15-10-9(12)13(11)6-14-10/h2-6H,11H2,1H3/q+1. The monoisotopic (exact) mass is 220 g/mol. The van der Waals surface area contributed by atoms with Crippen LogP contribution in [0.5, 0.6) is 0 Å². The molecule has 2 N–H and O–H groups in total. The third-order valence-corrected chi connectivity index (χ3v) is 3.48. The van der Waals surface area contributed by atoms with Crippen LogP contribution in [0.25, 0.3) is 0 Å². The van der Waals surface area contributed by atoms with Crippen LogP contribution in [0.1, 0.15) is 0 Å². The zero-order valence-electron chi connectivity index (χ0n) is 8.18. The van der Waals surface area contributed by atoms with E-state index >= 15 is 0 Å². The van der Waals surface area contributed by atoms with Crippen molar-refractivity contribution in [2.75, 3.05) is 17.8 Å². The number of para-hydroxylation sites is 1. The molecule has 5 heteroatoms. The third-order valence-electron chi connectivity index (χ3n) is 2.45. The lowest BCUT2D eigenvalue weighted by Crippen LogP contribution is -2.46. The van der Waals surface area contributed by atoms with Gasteiger partial charge in [-0.3, -0.25) is 5.84 Å². The predicted octanol–water partition coefficient (Wildman–Crippen LogP) is 1.51. The minimum Gasteiger partial charge on any atom is -0.410 e. The molecule has 0 spiro atoms. The fraction of sp³-hybridized carbons (Fsp3) is 0.100. The molecule has 0 saturated heterocycles. The second-order valence-electron chi connectivity index (χ2n) is 3.37. The van der Waals surface area contributed by atoms with Crippen molar-refractivity contribution in [1.82, 2.24) is 0 Å². The SMILES string of the molecule is CN1c2ccccc2Sc2oc[n+](N)c21. The molecule has 0 bridgehead atoms. The van der Waals surface area contributed by atoms with Crippen molar-refractivity contribution in [2.24, 2.45) is 0 Å². The molecule has 0 saturated carbocycles. The topological polar surface area (TPSA) is 46.3 Å². The molecular formula is C10H10N3OS+. The van der Waals surface area contributed by atoms with E-state index in [1.165, 1.54) is 16.0 Å². The summed E-state index contributed by atoms with van der Waals surface area (Å²) in [5, 5.41) is 0.832. The van der Waals surface area contributed by atoms with Crippen LogP contribution < -0.4 is 15.4 Å². The van der Waals surface area contributed by atoms with E-state index in [2.05, 4.69) is 12.1 Å². The van der Waals surface area contributed by atoms with E-state index in [1.807, 2.05) is 24.1 Å². The van der Waals surface area contributed by atoms with E-state index in [0.717, 1.165) is 16.6 Å². The van der Waals surface area contributed by atoms with Crippen molar-refractivity contribution >= 4 is 23.3 Å². The Hall–Kier alpha value is -1.62. The van der Waals surface area contributed by atoms with Crippen LogP contribution in [0.4, 0.5) is 11.5 Å². The molecule has 15 heavy (non-hydrogen) atoms. The zero-order valence-corrected chi connectivity index (χ0v) is 8.99. The molecule has 0 radical (unpaired) electrons. The van der Waals surface area contributed by atoms with Crippen LogP contribution in [0.3, 0.4) is 0 Å². The fourth-order valence-electron chi connectivity index (χ4n) is 1.73. The van der Waals surface area contributed by atoms with Crippen LogP contribution >= 0.6 is 11.8 Å². The lowest BCUT2D eigenvalue weighted by atomic mass is 10.3. The molecule has 0 amide bonds. The number of hydrogen-bond donors (Lipinski definition) is 1. The highest BCUT2D eigenvalue weighted by Gasteiger charge is 2.33. The summed E-state index contributed by atoms with van der Waals surface area (Å²) in [6.45, 7) is 0. The van der Waals surface area contributed by atoms with Gasteiger partial charge in [0, 0.05) is 0 Å². The number of rotatable bonds is 0. The number of aromatic nitrogens is 1. The second-order valence-corrected chi connectivity index (χ2v) is 4.39. The largest absolute Gasteiger partial charge is 0.410 e. The Labute approximate surface area is 91.3 Å². The molecule has 76 valence electrons. The first-order chi connectivity index (χ1) is 7.27. The lowest BCUT2D eigenvalue weighted by molar-refractivity contribution is -0.629. The first-order valence-corrected chi connectivity index (χ1v) is 5.38. The number of anilines is 2. The quantitative estimate of drug-likeness (QED) is 0.540. The minimum atomic E-state index is 0.832. The number of nitrogens with two attached hydrogens (primary N) is 1. The summed E-state index contributed by atoms with van der Waals surface area (Å²) >= 11 is 1.60. The van der Waals surface area contributed by atoms with Gasteiger partial charge in [0.1, 0.15) is 5.69 Å². The van der Waals surface area contributed by atoms with Gasteiger partial charge in [0.15, 0.2) is 0 Å². The first-order valence-electron chi connectivity index (χ1n) is 4.56. The number of hydrogen-bond acceptors (Lipinski definition) is 4. The van der Waals surface area contributed by atoms with Crippen molar-refractivity contribution < 1.29 is 9.09 Å².